The molecule has 4 atom stereocenters. The molecule has 176 valence electrons. The van der Waals surface area contributed by atoms with Crippen molar-refractivity contribution in [3.8, 4) is 0 Å². The quantitative estimate of drug-likeness (QED) is 0.335. The van der Waals surface area contributed by atoms with E-state index in [1.54, 1.807) is 12.1 Å². The van der Waals surface area contributed by atoms with Gasteiger partial charge in [0.2, 0.25) is 11.8 Å². The van der Waals surface area contributed by atoms with E-state index in [1.165, 1.54) is 11.8 Å². The van der Waals surface area contributed by atoms with Gasteiger partial charge in [-0.2, -0.15) is 0 Å². The van der Waals surface area contributed by atoms with Crippen LogP contribution in [0, 0.1) is 0 Å². The molecule has 1 aliphatic rings. The lowest BCUT2D eigenvalue weighted by atomic mass is 9.98. The fourth-order valence-corrected chi connectivity index (χ4v) is 4.40. The second-order valence-corrected chi connectivity index (χ2v) is 9.91. The predicted octanol–water partition coefficient (Wildman–Crippen LogP) is 0.455. The van der Waals surface area contributed by atoms with E-state index in [9.17, 15) is 24.3 Å². The Bertz CT molecular complexity index is 827. The number of aliphatic hydroxyl groups excluding tert-OH is 1. The Kier molecular flexibility index (Phi) is 9.23. The van der Waals surface area contributed by atoms with Crippen LogP contribution in [0.4, 0.5) is 0 Å². The van der Waals surface area contributed by atoms with Gasteiger partial charge in [-0.05, 0) is 32.8 Å². The molecule has 1 aliphatic heterocycles. The van der Waals surface area contributed by atoms with Gasteiger partial charge in [-0.15, -0.1) is 11.8 Å². The van der Waals surface area contributed by atoms with E-state index in [0.29, 0.717) is 5.75 Å². The van der Waals surface area contributed by atoms with Crippen LogP contribution in [0.2, 0.25) is 0 Å². The first kappa shape index (κ1) is 25.8. The topological polar surface area (TPSA) is 145 Å². The number of Topliss-reactive ketones (excluding diaryl/α,β-unsaturated/α-hetero) is 1. The van der Waals surface area contributed by atoms with Crippen LogP contribution in [-0.4, -0.2) is 68.6 Å². The van der Waals surface area contributed by atoms with Gasteiger partial charge < -0.3 is 20.8 Å². The summed E-state index contributed by atoms with van der Waals surface area (Å²) in [5.41, 5.74) is 0.392. The van der Waals surface area contributed by atoms with Gasteiger partial charge in [0.1, 0.15) is 11.5 Å². The monoisotopic (exact) mass is 465 g/mol. The zero-order valence-corrected chi connectivity index (χ0v) is 19.3. The summed E-state index contributed by atoms with van der Waals surface area (Å²) in [6.45, 7) is 5.59. The van der Waals surface area contributed by atoms with E-state index in [0.717, 1.165) is 5.56 Å². The third kappa shape index (κ3) is 8.25. The van der Waals surface area contributed by atoms with Gasteiger partial charge in [-0.1, -0.05) is 30.3 Å². The molecule has 0 aliphatic carbocycles. The van der Waals surface area contributed by atoms with Crippen molar-refractivity contribution in [1.29, 1.82) is 0 Å². The second-order valence-electron chi connectivity index (χ2n) is 8.78. The SMILES string of the molecule is CC(C)(C)NC(=O)[C@@H]1CSC(C(=O)[C@@H](O)[C@H](Cc2ccccc2)NC(=O)CCC(=O)O)N1. The number of thioether (sulfide) groups is 1. The van der Waals surface area contributed by atoms with Gasteiger partial charge in [-0.25, -0.2) is 0 Å². The third-order valence-electron chi connectivity index (χ3n) is 4.74. The molecule has 0 bridgehead atoms. The molecule has 0 spiro atoms. The van der Waals surface area contributed by atoms with E-state index in [2.05, 4.69) is 16.0 Å². The normalized spacial score (nSPS) is 20.2. The van der Waals surface area contributed by atoms with Gasteiger partial charge in [0.25, 0.3) is 0 Å². The number of carboxylic acid groups (broad SMARTS) is 1. The molecular weight excluding hydrogens is 434 g/mol. The van der Waals surface area contributed by atoms with Crippen LogP contribution in [0.15, 0.2) is 30.3 Å². The van der Waals surface area contributed by atoms with Crippen LogP contribution in [0.3, 0.4) is 0 Å². The van der Waals surface area contributed by atoms with Crippen molar-refractivity contribution in [1.82, 2.24) is 16.0 Å². The summed E-state index contributed by atoms with van der Waals surface area (Å²) in [5.74, 6) is -2.06. The molecule has 9 nitrogen and oxygen atoms in total. The molecule has 10 heteroatoms. The minimum atomic E-state index is -1.53. The highest BCUT2D eigenvalue weighted by Gasteiger charge is 2.39. The average molecular weight is 466 g/mol. The molecule has 1 saturated heterocycles. The van der Waals surface area contributed by atoms with E-state index in [4.69, 9.17) is 5.11 Å². The molecule has 1 unspecified atom stereocenters. The summed E-state index contributed by atoms with van der Waals surface area (Å²) >= 11 is 1.23. The highest BCUT2D eigenvalue weighted by molar-refractivity contribution is 8.00. The largest absolute Gasteiger partial charge is 0.481 e. The summed E-state index contributed by atoms with van der Waals surface area (Å²) in [6.07, 6.45) is -1.94. The van der Waals surface area contributed by atoms with Gasteiger partial charge in [-0.3, -0.25) is 24.5 Å². The molecule has 0 aromatic heterocycles. The molecule has 2 rings (SSSR count). The van der Waals surface area contributed by atoms with Crippen LogP contribution < -0.4 is 16.0 Å². The number of hydrogen-bond donors (Lipinski definition) is 5. The fraction of sp³-hybridized carbons (Fsp3) is 0.545. The number of carbonyl (C=O) groups excluding carboxylic acids is 3. The van der Waals surface area contributed by atoms with Gasteiger partial charge in [0.05, 0.1) is 18.5 Å². The number of benzene rings is 1. The maximum Gasteiger partial charge on any atom is 0.303 e. The summed E-state index contributed by atoms with van der Waals surface area (Å²) < 4.78 is 0. The highest BCUT2D eigenvalue weighted by Crippen LogP contribution is 2.22. The van der Waals surface area contributed by atoms with Crippen molar-refractivity contribution in [2.24, 2.45) is 0 Å². The minimum absolute atomic E-state index is 0.192. The maximum atomic E-state index is 13.0. The van der Waals surface area contributed by atoms with Gasteiger partial charge in [0.15, 0.2) is 5.78 Å². The Morgan fingerprint density at radius 3 is 2.41 bits per heavy atom. The molecule has 1 heterocycles. The molecule has 32 heavy (non-hydrogen) atoms. The fourth-order valence-electron chi connectivity index (χ4n) is 3.21. The molecule has 1 aromatic carbocycles. The Morgan fingerprint density at radius 2 is 1.81 bits per heavy atom. The molecule has 2 amide bonds. The van der Waals surface area contributed by atoms with E-state index >= 15 is 0 Å². The number of nitrogens with one attached hydrogen (secondary N) is 3. The summed E-state index contributed by atoms with van der Waals surface area (Å²) in [4.78, 5) is 48.3. The molecular formula is C22H31N3O6S. The summed E-state index contributed by atoms with van der Waals surface area (Å²) in [6, 6.07) is 7.55. The second kappa shape index (κ2) is 11.4. The minimum Gasteiger partial charge on any atom is -0.481 e. The zero-order chi connectivity index (χ0) is 23.9. The first-order chi connectivity index (χ1) is 15.0. The number of hydrogen-bond acceptors (Lipinski definition) is 7. The molecule has 5 N–H and O–H groups in total. The Balaban J connectivity index is 2.06. The van der Waals surface area contributed by atoms with Crippen LogP contribution in [0.5, 0.6) is 0 Å². The number of aliphatic hydroxyl groups is 1. The Morgan fingerprint density at radius 1 is 1.16 bits per heavy atom. The Labute approximate surface area is 191 Å². The molecule has 0 radical (unpaired) electrons. The van der Waals surface area contributed by atoms with Crippen LogP contribution in [0.25, 0.3) is 0 Å². The molecule has 1 fully saturated rings. The van der Waals surface area contributed by atoms with Gasteiger partial charge >= 0.3 is 5.97 Å². The molecule has 0 saturated carbocycles. The number of aliphatic carboxylic acids is 1. The van der Waals surface area contributed by atoms with E-state index < -0.39 is 46.8 Å². The maximum absolute atomic E-state index is 13.0. The van der Waals surface area contributed by atoms with Gasteiger partial charge in [0, 0.05) is 17.7 Å². The standard InChI is InChI=1S/C22H31N3O6S/c1-22(2,3)25-20(31)15-12-32-21(24-15)19(30)18(29)14(11-13-7-5-4-6-8-13)23-16(26)9-10-17(27)28/h4-8,14-15,18,21,24,29H,9-12H2,1-3H3,(H,23,26)(H,25,31)(H,27,28)/t14-,15-,18-,21?/m0/s1. The predicted molar refractivity (Wildman–Crippen MR) is 121 cm³/mol. The van der Waals surface area contributed by atoms with Crippen molar-refractivity contribution >= 4 is 35.3 Å². The van der Waals surface area contributed by atoms with E-state index in [-0.39, 0.29) is 25.2 Å². The lowest BCUT2D eigenvalue weighted by Gasteiger charge is -2.26. The average Bonchev–Trinajstić information content (AvgIpc) is 3.21. The van der Waals surface area contributed by atoms with Crippen LogP contribution >= 0.6 is 11.8 Å². The number of ketones is 1. The Hall–Kier alpha value is -2.43. The first-order valence-electron chi connectivity index (χ1n) is 10.4. The molecule has 1 aromatic rings. The van der Waals surface area contributed by atoms with Crippen molar-refractivity contribution in [3.63, 3.8) is 0 Å². The first-order valence-corrected chi connectivity index (χ1v) is 11.5. The van der Waals surface area contributed by atoms with Crippen molar-refractivity contribution in [2.45, 2.75) is 69.1 Å². The zero-order valence-electron chi connectivity index (χ0n) is 18.5. The summed E-state index contributed by atoms with van der Waals surface area (Å²) in [7, 11) is 0. The third-order valence-corrected chi connectivity index (χ3v) is 5.97. The van der Waals surface area contributed by atoms with Crippen molar-refractivity contribution in [3.05, 3.63) is 35.9 Å². The highest BCUT2D eigenvalue weighted by atomic mass is 32.2. The number of carbonyl (C=O) groups is 4. The van der Waals surface area contributed by atoms with Crippen LogP contribution in [0.1, 0.15) is 39.2 Å². The lowest BCUT2D eigenvalue weighted by Crippen LogP contribution is -2.54. The van der Waals surface area contributed by atoms with E-state index in [1.807, 2.05) is 39.0 Å². The lowest BCUT2D eigenvalue weighted by molar-refractivity contribution is -0.139. The number of rotatable bonds is 10. The summed E-state index contributed by atoms with van der Waals surface area (Å²) in [5, 5.41) is 27.2. The van der Waals surface area contributed by atoms with Crippen molar-refractivity contribution < 1.29 is 29.4 Å². The van der Waals surface area contributed by atoms with Crippen molar-refractivity contribution in [2.75, 3.05) is 5.75 Å². The van der Waals surface area contributed by atoms with Crippen LogP contribution in [-0.2, 0) is 25.6 Å². The smallest absolute Gasteiger partial charge is 0.303 e. The number of carboxylic acids is 1. The number of amides is 2.